The van der Waals surface area contributed by atoms with Crippen molar-refractivity contribution < 1.29 is 4.79 Å². The number of ketones is 1. The van der Waals surface area contributed by atoms with Crippen LogP contribution in [-0.4, -0.2) is 24.3 Å². The van der Waals surface area contributed by atoms with Gasteiger partial charge in [-0.3, -0.25) is 9.69 Å². The highest BCUT2D eigenvalue weighted by Gasteiger charge is 2.08. The van der Waals surface area contributed by atoms with E-state index in [2.05, 4.69) is 18.4 Å². The standard InChI is InChI=1S/C11H14N2OS/c1-9-4-6-15-11(9)8-13(2)7-10(14)3-5-12/h4,6H,3,7-8H2,1-2H3. The summed E-state index contributed by atoms with van der Waals surface area (Å²) in [4.78, 5) is 14.4. The lowest BCUT2D eigenvalue weighted by Gasteiger charge is -2.14. The molecular formula is C11H14N2OS. The molecule has 0 radical (unpaired) electrons. The van der Waals surface area contributed by atoms with Crippen LogP contribution < -0.4 is 0 Å². The van der Waals surface area contributed by atoms with E-state index in [-0.39, 0.29) is 12.2 Å². The summed E-state index contributed by atoms with van der Waals surface area (Å²) in [6.45, 7) is 3.20. The van der Waals surface area contributed by atoms with Gasteiger partial charge in [-0.05, 0) is 31.0 Å². The van der Waals surface area contributed by atoms with E-state index in [4.69, 9.17) is 5.26 Å². The first-order chi connectivity index (χ1) is 7.13. The molecule has 0 unspecified atom stereocenters. The molecule has 0 aliphatic carbocycles. The average Bonchev–Trinajstić information content (AvgIpc) is 2.52. The predicted octanol–water partition coefficient (Wildman–Crippen LogP) is 1.97. The van der Waals surface area contributed by atoms with Gasteiger partial charge in [0.25, 0.3) is 0 Å². The number of carbonyl (C=O) groups excluding carboxylic acids is 1. The van der Waals surface area contributed by atoms with Crippen LogP contribution in [0.15, 0.2) is 11.4 Å². The van der Waals surface area contributed by atoms with Gasteiger partial charge in [-0.1, -0.05) is 0 Å². The maximum absolute atomic E-state index is 11.2. The van der Waals surface area contributed by atoms with Gasteiger partial charge in [-0.15, -0.1) is 11.3 Å². The van der Waals surface area contributed by atoms with Crippen LogP contribution >= 0.6 is 11.3 Å². The number of aryl methyl sites for hydroxylation is 1. The predicted molar refractivity (Wildman–Crippen MR) is 60.6 cm³/mol. The van der Waals surface area contributed by atoms with Crippen molar-refractivity contribution in [2.24, 2.45) is 0 Å². The molecule has 0 N–H and O–H groups in total. The summed E-state index contributed by atoms with van der Waals surface area (Å²) in [5.41, 5.74) is 1.26. The summed E-state index contributed by atoms with van der Waals surface area (Å²) in [7, 11) is 1.90. The SMILES string of the molecule is Cc1ccsc1CN(C)CC(=O)CC#N. The van der Waals surface area contributed by atoms with E-state index in [9.17, 15) is 4.79 Å². The average molecular weight is 222 g/mol. The van der Waals surface area contributed by atoms with Crippen LogP contribution in [0.5, 0.6) is 0 Å². The van der Waals surface area contributed by atoms with Gasteiger partial charge in [0.15, 0.2) is 5.78 Å². The van der Waals surface area contributed by atoms with Crippen LogP contribution in [-0.2, 0) is 11.3 Å². The number of nitrogens with zero attached hydrogens (tertiary/aromatic N) is 2. The maximum Gasteiger partial charge on any atom is 0.160 e. The lowest BCUT2D eigenvalue weighted by atomic mass is 10.2. The fraction of sp³-hybridized carbons (Fsp3) is 0.455. The second-order valence-electron chi connectivity index (χ2n) is 3.57. The number of Topliss-reactive ketones (excluding diaryl/α,β-unsaturated/α-hetero) is 1. The van der Waals surface area contributed by atoms with E-state index in [0.29, 0.717) is 6.54 Å². The summed E-state index contributed by atoms with van der Waals surface area (Å²) in [6, 6.07) is 3.94. The molecule has 0 atom stereocenters. The number of carbonyl (C=O) groups is 1. The number of rotatable bonds is 5. The number of thiophene rings is 1. The van der Waals surface area contributed by atoms with Gasteiger partial charge < -0.3 is 0 Å². The molecule has 1 aromatic heterocycles. The number of hydrogen-bond acceptors (Lipinski definition) is 4. The molecule has 15 heavy (non-hydrogen) atoms. The quantitative estimate of drug-likeness (QED) is 0.765. The second-order valence-corrected chi connectivity index (χ2v) is 4.57. The first kappa shape index (κ1) is 11.9. The van der Waals surface area contributed by atoms with Crippen molar-refractivity contribution in [3.8, 4) is 6.07 Å². The molecule has 0 saturated heterocycles. The summed E-state index contributed by atoms with van der Waals surface area (Å²) in [5.74, 6) is -0.0193. The Kier molecular flexibility index (Phi) is 4.47. The van der Waals surface area contributed by atoms with E-state index in [1.165, 1.54) is 10.4 Å². The van der Waals surface area contributed by atoms with Crippen molar-refractivity contribution in [1.82, 2.24) is 4.90 Å². The first-order valence-corrected chi connectivity index (χ1v) is 5.61. The Morgan fingerprint density at radius 1 is 1.67 bits per heavy atom. The minimum atomic E-state index is -0.0193. The molecular weight excluding hydrogens is 208 g/mol. The van der Waals surface area contributed by atoms with Crippen molar-refractivity contribution in [3.63, 3.8) is 0 Å². The molecule has 1 aromatic rings. The van der Waals surface area contributed by atoms with Crippen molar-refractivity contribution in [1.29, 1.82) is 5.26 Å². The fourth-order valence-corrected chi connectivity index (χ4v) is 2.30. The Morgan fingerprint density at radius 2 is 2.40 bits per heavy atom. The smallest absolute Gasteiger partial charge is 0.160 e. The highest BCUT2D eigenvalue weighted by atomic mass is 32.1. The van der Waals surface area contributed by atoms with Gasteiger partial charge in [-0.2, -0.15) is 5.26 Å². The lowest BCUT2D eigenvalue weighted by Crippen LogP contribution is -2.25. The molecule has 0 aliphatic rings. The Bertz CT molecular complexity index is 378. The van der Waals surface area contributed by atoms with Gasteiger partial charge in [0.2, 0.25) is 0 Å². The Morgan fingerprint density at radius 3 is 2.93 bits per heavy atom. The molecule has 0 fully saturated rings. The molecule has 0 amide bonds. The maximum atomic E-state index is 11.2. The van der Waals surface area contributed by atoms with Crippen LogP contribution in [0, 0.1) is 18.3 Å². The van der Waals surface area contributed by atoms with Crippen LogP contribution in [0.25, 0.3) is 0 Å². The Balaban J connectivity index is 2.43. The van der Waals surface area contributed by atoms with Gasteiger partial charge >= 0.3 is 0 Å². The summed E-state index contributed by atoms with van der Waals surface area (Å²) < 4.78 is 0. The molecule has 1 rings (SSSR count). The molecule has 3 nitrogen and oxygen atoms in total. The number of likely N-dealkylation sites (N-methyl/N-ethyl adjacent to an activating group) is 1. The van der Waals surface area contributed by atoms with Gasteiger partial charge in [0, 0.05) is 11.4 Å². The van der Waals surface area contributed by atoms with Gasteiger partial charge in [0.1, 0.15) is 0 Å². The summed E-state index contributed by atoms with van der Waals surface area (Å²) in [6.07, 6.45) is 0.00770. The third-order valence-corrected chi connectivity index (χ3v) is 3.11. The normalized spacial score (nSPS) is 10.3. The van der Waals surface area contributed by atoms with E-state index in [1.807, 2.05) is 18.0 Å². The highest BCUT2D eigenvalue weighted by molar-refractivity contribution is 7.10. The van der Waals surface area contributed by atoms with Crippen molar-refractivity contribution in [2.75, 3.05) is 13.6 Å². The van der Waals surface area contributed by atoms with Crippen molar-refractivity contribution >= 4 is 17.1 Å². The van der Waals surface area contributed by atoms with E-state index in [0.717, 1.165) is 6.54 Å². The second kappa shape index (κ2) is 5.64. The zero-order valence-corrected chi connectivity index (χ0v) is 9.80. The third-order valence-electron chi connectivity index (χ3n) is 2.10. The van der Waals surface area contributed by atoms with Gasteiger partial charge in [-0.25, -0.2) is 0 Å². The van der Waals surface area contributed by atoms with E-state index >= 15 is 0 Å². The first-order valence-electron chi connectivity index (χ1n) is 4.73. The molecule has 0 saturated carbocycles. The van der Waals surface area contributed by atoms with Gasteiger partial charge in [0.05, 0.1) is 19.0 Å². The minimum absolute atomic E-state index is 0.00770. The van der Waals surface area contributed by atoms with Crippen LogP contribution in [0.2, 0.25) is 0 Å². The van der Waals surface area contributed by atoms with E-state index < -0.39 is 0 Å². The largest absolute Gasteiger partial charge is 0.297 e. The minimum Gasteiger partial charge on any atom is -0.297 e. The van der Waals surface area contributed by atoms with Crippen LogP contribution in [0.3, 0.4) is 0 Å². The Hall–Kier alpha value is -1.18. The fourth-order valence-electron chi connectivity index (χ4n) is 1.31. The molecule has 1 heterocycles. The zero-order valence-electron chi connectivity index (χ0n) is 8.99. The monoisotopic (exact) mass is 222 g/mol. The molecule has 0 aliphatic heterocycles. The van der Waals surface area contributed by atoms with Crippen LogP contribution in [0.1, 0.15) is 16.9 Å². The van der Waals surface area contributed by atoms with Crippen LogP contribution in [0.4, 0.5) is 0 Å². The number of hydrogen-bond donors (Lipinski definition) is 0. The highest BCUT2D eigenvalue weighted by Crippen LogP contribution is 2.16. The summed E-state index contributed by atoms with van der Waals surface area (Å²) in [5, 5.41) is 10.4. The number of nitriles is 1. The zero-order chi connectivity index (χ0) is 11.3. The van der Waals surface area contributed by atoms with Crippen molar-refractivity contribution in [3.05, 3.63) is 21.9 Å². The summed E-state index contributed by atoms with van der Waals surface area (Å²) >= 11 is 1.70. The molecule has 4 heteroatoms. The lowest BCUT2D eigenvalue weighted by molar-refractivity contribution is -0.119. The third kappa shape index (κ3) is 3.82. The molecule has 0 aromatic carbocycles. The molecule has 80 valence electrons. The van der Waals surface area contributed by atoms with Crippen molar-refractivity contribution in [2.45, 2.75) is 19.9 Å². The van der Waals surface area contributed by atoms with E-state index in [1.54, 1.807) is 11.3 Å². The molecule has 0 bridgehead atoms. The molecule has 0 spiro atoms. The Labute approximate surface area is 93.9 Å². The topological polar surface area (TPSA) is 44.1 Å².